The topological polar surface area (TPSA) is 138 Å². The Morgan fingerprint density at radius 1 is 0.923 bits per heavy atom. The Kier molecular flexibility index (Phi) is 4.53. The quantitative estimate of drug-likeness (QED) is 0.172. The number of fused-ring (bicyclic) bond motifs is 4. The van der Waals surface area contributed by atoms with E-state index in [0.717, 1.165) is 12.1 Å². The highest BCUT2D eigenvalue weighted by molar-refractivity contribution is 6.33. The molecule has 3 aliphatic carbocycles. The van der Waals surface area contributed by atoms with Gasteiger partial charge >= 0.3 is 0 Å². The molecule has 9 nitrogen and oxygen atoms in total. The number of phenolic OH excluding ortho intramolecular Hbond substituents is 3. The molecule has 2 aliphatic heterocycles. The number of hydrogen-bond donors (Lipinski definition) is 4. The van der Waals surface area contributed by atoms with E-state index in [9.17, 15) is 24.9 Å². The van der Waals surface area contributed by atoms with E-state index in [1.54, 1.807) is 12.2 Å². The number of aromatic hydroxyl groups is 3. The van der Waals surface area contributed by atoms with Crippen LogP contribution >= 0.6 is 0 Å². The van der Waals surface area contributed by atoms with Gasteiger partial charge in [0.25, 0.3) is 0 Å². The lowest BCUT2D eigenvalue weighted by atomic mass is 9.57. The first-order valence-corrected chi connectivity index (χ1v) is 12.5. The van der Waals surface area contributed by atoms with Gasteiger partial charge in [0.05, 0.1) is 27.9 Å². The minimum atomic E-state index is -1.22. The van der Waals surface area contributed by atoms with E-state index in [-0.39, 0.29) is 33.9 Å². The molecular formula is C30H23NO8. The first-order valence-electron chi connectivity index (χ1n) is 12.5. The molecule has 0 aromatic heterocycles. The van der Waals surface area contributed by atoms with Crippen LogP contribution in [-0.2, 0) is 19.8 Å². The zero-order valence-electron chi connectivity index (χ0n) is 21.2. The number of allylic oxidation sites excluding steroid dienone is 2. The zero-order valence-corrected chi connectivity index (χ0v) is 21.2. The van der Waals surface area contributed by atoms with Gasteiger partial charge in [-0.3, -0.25) is 9.59 Å². The van der Waals surface area contributed by atoms with E-state index in [2.05, 4.69) is 29.0 Å². The Hall–Kier alpha value is -4.28. The lowest BCUT2D eigenvalue weighted by Crippen LogP contribution is -2.62. The summed E-state index contributed by atoms with van der Waals surface area (Å²) in [6.45, 7) is 2.01. The molecule has 7 rings (SSSR count). The maximum Gasteiger partial charge on any atom is 0.202 e. The molecule has 2 aromatic carbocycles. The van der Waals surface area contributed by atoms with Gasteiger partial charge in [-0.2, -0.15) is 0 Å². The van der Waals surface area contributed by atoms with Gasteiger partial charge in [0, 0.05) is 26.2 Å². The number of nitrogens with one attached hydrogen (secondary N) is 1. The average molecular weight is 526 g/mol. The molecule has 1 saturated carbocycles. The first kappa shape index (κ1) is 23.8. The number of rotatable bonds is 2. The Bertz CT molecular complexity index is 1700. The third kappa shape index (κ3) is 2.53. The molecule has 5 aliphatic rings. The van der Waals surface area contributed by atoms with Gasteiger partial charge in [-0.1, -0.05) is 30.6 Å². The minimum absolute atomic E-state index is 0.133. The Labute approximate surface area is 223 Å². The van der Waals surface area contributed by atoms with Crippen LogP contribution in [-0.4, -0.2) is 58.5 Å². The van der Waals surface area contributed by atoms with Crippen molar-refractivity contribution in [3.63, 3.8) is 0 Å². The average Bonchev–Trinajstić information content (AvgIpc) is 3.65. The van der Waals surface area contributed by atoms with Crippen LogP contribution in [0.3, 0.4) is 0 Å². The lowest BCUT2D eigenvalue weighted by Gasteiger charge is -2.50. The third-order valence-corrected chi connectivity index (χ3v) is 8.93. The van der Waals surface area contributed by atoms with Crippen LogP contribution in [0.1, 0.15) is 50.8 Å². The van der Waals surface area contributed by atoms with Gasteiger partial charge in [-0.25, -0.2) is 0 Å². The highest BCUT2D eigenvalue weighted by Crippen LogP contribution is 2.75. The maximum atomic E-state index is 14.0. The van der Waals surface area contributed by atoms with Crippen LogP contribution in [0.2, 0.25) is 0 Å². The number of anilines is 1. The van der Waals surface area contributed by atoms with Crippen molar-refractivity contribution in [2.75, 3.05) is 19.5 Å². The van der Waals surface area contributed by atoms with Crippen molar-refractivity contribution in [1.82, 2.24) is 0 Å². The van der Waals surface area contributed by atoms with E-state index in [1.165, 1.54) is 20.3 Å². The summed E-state index contributed by atoms with van der Waals surface area (Å²) in [6.07, 6.45) is 3.69. The van der Waals surface area contributed by atoms with Crippen LogP contribution in [0.5, 0.6) is 17.2 Å². The SMILES string of the molecule is COC1(OC)C[C@H](C)[C@@]23O[C@]24c2cc(O)c5c(c2N[C@H]3C#C/C=C\C#C[C@H]14)C(=O)c1c(O)ccc(O)c1C5=O. The summed E-state index contributed by atoms with van der Waals surface area (Å²) in [5.74, 6) is 7.48. The molecule has 2 fully saturated rings. The molecule has 0 amide bonds. The van der Waals surface area contributed by atoms with Crippen LogP contribution in [0.15, 0.2) is 30.4 Å². The molecule has 2 aromatic rings. The van der Waals surface area contributed by atoms with E-state index >= 15 is 0 Å². The second kappa shape index (κ2) is 7.43. The van der Waals surface area contributed by atoms with Gasteiger partial charge < -0.3 is 34.8 Å². The molecule has 4 bridgehead atoms. The molecule has 4 N–H and O–H groups in total. The summed E-state index contributed by atoms with van der Waals surface area (Å²) >= 11 is 0. The fourth-order valence-electron chi connectivity index (χ4n) is 7.27. The number of carbonyl (C=O) groups excluding carboxylic acids is 2. The summed E-state index contributed by atoms with van der Waals surface area (Å²) in [7, 11) is 3.08. The van der Waals surface area contributed by atoms with Crippen molar-refractivity contribution in [2.45, 2.75) is 36.4 Å². The van der Waals surface area contributed by atoms with Gasteiger partial charge in [-0.05, 0) is 36.3 Å². The molecular weight excluding hydrogens is 502 g/mol. The second-order valence-corrected chi connectivity index (χ2v) is 10.5. The fourth-order valence-corrected chi connectivity index (χ4v) is 7.27. The van der Waals surface area contributed by atoms with E-state index in [1.807, 2.05) is 6.92 Å². The van der Waals surface area contributed by atoms with Gasteiger partial charge in [0.1, 0.15) is 40.4 Å². The van der Waals surface area contributed by atoms with Crippen molar-refractivity contribution in [2.24, 2.45) is 11.8 Å². The number of epoxide rings is 1. The number of benzene rings is 2. The monoisotopic (exact) mass is 525 g/mol. The van der Waals surface area contributed by atoms with Crippen molar-refractivity contribution in [3.8, 4) is 40.9 Å². The summed E-state index contributed by atoms with van der Waals surface area (Å²) < 4.78 is 18.7. The normalized spacial score (nSPS) is 32.4. The highest BCUT2D eigenvalue weighted by atomic mass is 16.7. The van der Waals surface area contributed by atoms with Crippen molar-refractivity contribution < 1.29 is 39.1 Å². The van der Waals surface area contributed by atoms with E-state index < -0.39 is 57.8 Å². The minimum Gasteiger partial charge on any atom is -0.507 e. The van der Waals surface area contributed by atoms with Gasteiger partial charge in [0.2, 0.25) is 11.6 Å². The predicted octanol–water partition coefficient (Wildman–Crippen LogP) is 2.56. The van der Waals surface area contributed by atoms with Crippen molar-refractivity contribution in [1.29, 1.82) is 0 Å². The maximum absolute atomic E-state index is 14.0. The molecule has 5 atom stereocenters. The van der Waals surface area contributed by atoms with Crippen LogP contribution in [0.4, 0.5) is 5.69 Å². The molecule has 2 heterocycles. The van der Waals surface area contributed by atoms with Gasteiger partial charge in [-0.15, -0.1) is 0 Å². The number of phenols is 3. The molecule has 1 saturated heterocycles. The standard InChI is InChI=1S/C30H23NO8/c1-14-13-28(37-2,38-3)19-8-6-4-5-7-9-20-29(14)30(19,39-29)15-12-18(34)23-24(25(15)31-20)27(36)22-17(33)11-10-16(32)21(22)26(23)35/h4-5,10-12,14,19-20,31-34H,13H2,1-3H3/b5-4-/t14-,19+,20-,29-,30-/m0/s1. The smallest absolute Gasteiger partial charge is 0.202 e. The summed E-state index contributed by atoms with van der Waals surface area (Å²) in [5.41, 5.74) is -2.58. The second-order valence-electron chi connectivity index (χ2n) is 10.5. The first-order chi connectivity index (χ1) is 18.7. The number of carbonyl (C=O) groups is 2. The molecule has 0 spiro atoms. The van der Waals surface area contributed by atoms with Crippen LogP contribution in [0.25, 0.3) is 0 Å². The number of ether oxygens (including phenoxy) is 3. The predicted molar refractivity (Wildman–Crippen MR) is 136 cm³/mol. The highest BCUT2D eigenvalue weighted by Gasteiger charge is 2.87. The third-order valence-electron chi connectivity index (χ3n) is 8.93. The Morgan fingerprint density at radius 2 is 1.51 bits per heavy atom. The summed E-state index contributed by atoms with van der Waals surface area (Å²) in [4.78, 5) is 27.6. The number of methoxy groups -OCH3 is 2. The molecule has 0 radical (unpaired) electrons. The lowest BCUT2D eigenvalue weighted by molar-refractivity contribution is -0.257. The molecule has 9 heteroatoms. The largest absolute Gasteiger partial charge is 0.507 e. The molecule has 39 heavy (non-hydrogen) atoms. The molecule has 196 valence electrons. The van der Waals surface area contributed by atoms with Crippen molar-refractivity contribution in [3.05, 3.63) is 58.2 Å². The Balaban J connectivity index is 1.57. The van der Waals surface area contributed by atoms with E-state index in [4.69, 9.17) is 14.2 Å². The van der Waals surface area contributed by atoms with E-state index in [0.29, 0.717) is 12.0 Å². The van der Waals surface area contributed by atoms with Crippen LogP contribution in [0, 0.1) is 35.5 Å². The zero-order chi connectivity index (χ0) is 27.5. The molecule has 0 unspecified atom stereocenters. The summed E-state index contributed by atoms with van der Waals surface area (Å²) in [6, 6.07) is 3.05. The Morgan fingerprint density at radius 3 is 2.15 bits per heavy atom. The van der Waals surface area contributed by atoms with Crippen LogP contribution < -0.4 is 5.32 Å². The number of ketones is 2. The summed E-state index contributed by atoms with van der Waals surface area (Å²) in [5, 5.41) is 35.6. The number of hydrogen-bond acceptors (Lipinski definition) is 9. The van der Waals surface area contributed by atoms with Crippen molar-refractivity contribution >= 4 is 17.3 Å². The van der Waals surface area contributed by atoms with Gasteiger partial charge in [0.15, 0.2) is 5.79 Å². The fraction of sp³-hybridized carbons (Fsp3) is 0.333.